The van der Waals surface area contributed by atoms with Crippen LogP contribution in [0.25, 0.3) is 11.1 Å². The number of carbonyl (C=O) groups is 3. The van der Waals surface area contributed by atoms with Crippen molar-refractivity contribution in [2.24, 2.45) is 0 Å². The van der Waals surface area contributed by atoms with Gasteiger partial charge in [0.05, 0.1) is 6.04 Å². The molecule has 1 aliphatic carbocycles. The normalized spacial score (nSPS) is 24.0. The van der Waals surface area contributed by atoms with Gasteiger partial charge in [-0.1, -0.05) is 48.5 Å². The Morgan fingerprint density at radius 2 is 1.71 bits per heavy atom. The number of aliphatic carboxylic acids is 1. The van der Waals surface area contributed by atoms with E-state index in [4.69, 9.17) is 9.47 Å². The molecule has 0 saturated carbocycles. The topological polar surface area (TPSA) is 108 Å². The van der Waals surface area contributed by atoms with E-state index in [0.717, 1.165) is 22.3 Å². The second-order valence-electron chi connectivity index (χ2n) is 9.28. The van der Waals surface area contributed by atoms with Crippen molar-refractivity contribution in [2.75, 3.05) is 39.9 Å². The van der Waals surface area contributed by atoms with Crippen LogP contribution < -0.4 is 5.32 Å². The summed E-state index contributed by atoms with van der Waals surface area (Å²) in [6.07, 6.45) is -0.966. The average molecular weight is 480 g/mol. The highest BCUT2D eigenvalue weighted by molar-refractivity contribution is 5.84. The molecule has 3 aliphatic rings. The number of carboxylic acids is 1. The zero-order chi connectivity index (χ0) is 24.5. The van der Waals surface area contributed by atoms with E-state index in [-0.39, 0.29) is 25.0 Å². The van der Waals surface area contributed by atoms with Crippen LogP contribution in [-0.4, -0.2) is 91.0 Å². The summed E-state index contributed by atoms with van der Waals surface area (Å²) >= 11 is 0. The van der Waals surface area contributed by atoms with Gasteiger partial charge in [0.2, 0.25) is 0 Å². The van der Waals surface area contributed by atoms with Crippen molar-refractivity contribution in [1.29, 1.82) is 0 Å². The van der Waals surface area contributed by atoms with Gasteiger partial charge >= 0.3 is 12.1 Å². The standard InChI is InChI=1S/C26H29N3O6/c1-28-11-12-29(14-22(28)25(31)32)24(30)23-21(10-13-34-23)27-26(33)35-15-20-18-8-4-2-6-16(18)17-7-3-5-9-19(17)20/h2-9,20-23H,10-15H2,1H3,(H,27,33)(H,31,32)/t21-,22?,23+/m1/s1. The van der Waals surface area contributed by atoms with Gasteiger partial charge in [-0.15, -0.1) is 0 Å². The summed E-state index contributed by atoms with van der Waals surface area (Å²) in [4.78, 5) is 40.6. The summed E-state index contributed by atoms with van der Waals surface area (Å²) in [5.41, 5.74) is 4.56. The molecule has 35 heavy (non-hydrogen) atoms. The first kappa shape index (κ1) is 23.3. The number of piperazine rings is 1. The fraction of sp³-hybridized carbons (Fsp3) is 0.423. The molecule has 9 heteroatoms. The van der Waals surface area contributed by atoms with Gasteiger partial charge < -0.3 is 24.8 Å². The molecule has 0 spiro atoms. The molecule has 2 aromatic carbocycles. The number of benzene rings is 2. The molecule has 2 saturated heterocycles. The van der Waals surface area contributed by atoms with E-state index in [1.807, 2.05) is 24.3 Å². The van der Waals surface area contributed by atoms with Crippen LogP contribution in [0.4, 0.5) is 4.79 Å². The molecular formula is C26H29N3O6. The number of amides is 2. The average Bonchev–Trinajstić information content (AvgIpc) is 3.45. The first-order valence-corrected chi connectivity index (χ1v) is 11.9. The number of hydrogen-bond acceptors (Lipinski definition) is 6. The summed E-state index contributed by atoms with van der Waals surface area (Å²) < 4.78 is 11.3. The van der Waals surface area contributed by atoms with E-state index in [1.165, 1.54) is 4.90 Å². The molecule has 0 aromatic heterocycles. The van der Waals surface area contributed by atoms with Gasteiger partial charge in [0.25, 0.3) is 5.91 Å². The van der Waals surface area contributed by atoms with E-state index in [1.54, 1.807) is 11.9 Å². The van der Waals surface area contributed by atoms with Gasteiger partial charge in [-0.3, -0.25) is 14.5 Å². The zero-order valence-corrected chi connectivity index (χ0v) is 19.6. The predicted molar refractivity (Wildman–Crippen MR) is 127 cm³/mol. The summed E-state index contributed by atoms with van der Waals surface area (Å²) in [6.45, 7) is 1.48. The maximum Gasteiger partial charge on any atom is 0.407 e. The largest absolute Gasteiger partial charge is 0.480 e. The van der Waals surface area contributed by atoms with Gasteiger partial charge in [-0.05, 0) is 35.7 Å². The third kappa shape index (κ3) is 4.49. The highest BCUT2D eigenvalue weighted by atomic mass is 16.6. The highest BCUT2D eigenvalue weighted by Gasteiger charge is 2.41. The number of rotatable bonds is 5. The van der Waals surface area contributed by atoms with Crippen molar-refractivity contribution in [1.82, 2.24) is 15.1 Å². The number of nitrogens with one attached hydrogen (secondary N) is 1. The number of alkyl carbamates (subject to hydrolysis) is 1. The first-order chi connectivity index (χ1) is 16.9. The summed E-state index contributed by atoms with van der Waals surface area (Å²) in [7, 11) is 1.73. The molecule has 3 atom stereocenters. The second-order valence-corrected chi connectivity index (χ2v) is 9.28. The van der Waals surface area contributed by atoms with E-state index in [9.17, 15) is 19.5 Å². The molecule has 1 unspecified atom stereocenters. The number of carboxylic acid groups (broad SMARTS) is 1. The summed E-state index contributed by atoms with van der Waals surface area (Å²) in [5.74, 6) is -1.32. The monoisotopic (exact) mass is 479 g/mol. The number of hydrogen-bond donors (Lipinski definition) is 2. The molecule has 2 heterocycles. The molecule has 2 N–H and O–H groups in total. The molecule has 9 nitrogen and oxygen atoms in total. The van der Waals surface area contributed by atoms with Gasteiger partial charge in [-0.2, -0.15) is 0 Å². The lowest BCUT2D eigenvalue weighted by Gasteiger charge is -2.38. The Hall–Kier alpha value is -3.43. The molecular weight excluding hydrogens is 450 g/mol. The van der Waals surface area contributed by atoms with Gasteiger partial charge in [0.15, 0.2) is 6.10 Å². The van der Waals surface area contributed by atoms with Crippen LogP contribution in [0, 0.1) is 0 Å². The van der Waals surface area contributed by atoms with Crippen molar-refractivity contribution in [3.63, 3.8) is 0 Å². The minimum absolute atomic E-state index is 0.0521. The van der Waals surface area contributed by atoms with Crippen LogP contribution in [0.5, 0.6) is 0 Å². The number of ether oxygens (including phenoxy) is 2. The summed E-state index contributed by atoms with van der Waals surface area (Å²) in [6, 6.07) is 14.9. The van der Waals surface area contributed by atoms with E-state index < -0.39 is 30.3 Å². The van der Waals surface area contributed by atoms with Crippen molar-refractivity contribution < 1.29 is 29.0 Å². The quantitative estimate of drug-likeness (QED) is 0.674. The Morgan fingerprint density at radius 1 is 1.06 bits per heavy atom. The Labute approximate surface area is 203 Å². The van der Waals surface area contributed by atoms with Crippen molar-refractivity contribution in [3.8, 4) is 11.1 Å². The van der Waals surface area contributed by atoms with Crippen molar-refractivity contribution in [3.05, 3.63) is 59.7 Å². The van der Waals surface area contributed by atoms with Crippen LogP contribution in [0.15, 0.2) is 48.5 Å². The van der Waals surface area contributed by atoms with Crippen LogP contribution >= 0.6 is 0 Å². The third-order valence-corrected chi connectivity index (χ3v) is 7.23. The molecule has 0 radical (unpaired) electrons. The Bertz CT molecular complexity index is 1090. The smallest absolute Gasteiger partial charge is 0.407 e. The van der Waals surface area contributed by atoms with E-state index >= 15 is 0 Å². The molecule has 5 rings (SSSR count). The predicted octanol–water partition coefficient (Wildman–Crippen LogP) is 1.91. The molecule has 2 aromatic rings. The summed E-state index contributed by atoms with van der Waals surface area (Å²) in [5, 5.41) is 12.2. The molecule has 2 aliphatic heterocycles. The highest BCUT2D eigenvalue weighted by Crippen LogP contribution is 2.44. The van der Waals surface area contributed by atoms with Gasteiger partial charge in [0.1, 0.15) is 12.6 Å². The Kier molecular flexibility index (Phi) is 6.44. The number of fused-ring (bicyclic) bond motifs is 3. The minimum Gasteiger partial charge on any atom is -0.480 e. The van der Waals surface area contributed by atoms with Crippen molar-refractivity contribution in [2.45, 2.75) is 30.5 Å². The zero-order valence-electron chi connectivity index (χ0n) is 19.6. The van der Waals surface area contributed by atoms with Crippen LogP contribution in [-0.2, 0) is 19.1 Å². The third-order valence-electron chi connectivity index (χ3n) is 7.23. The maximum absolute atomic E-state index is 13.1. The van der Waals surface area contributed by atoms with Crippen LogP contribution in [0.1, 0.15) is 23.5 Å². The fourth-order valence-corrected chi connectivity index (χ4v) is 5.29. The Balaban J connectivity index is 1.20. The molecule has 2 amide bonds. The number of likely N-dealkylation sites (N-methyl/N-ethyl adjacent to an activating group) is 1. The van der Waals surface area contributed by atoms with Gasteiger partial charge in [0, 0.05) is 32.2 Å². The van der Waals surface area contributed by atoms with Crippen LogP contribution in [0.3, 0.4) is 0 Å². The lowest BCUT2D eigenvalue weighted by Crippen LogP contribution is -2.59. The van der Waals surface area contributed by atoms with Gasteiger partial charge in [-0.25, -0.2) is 4.79 Å². The lowest BCUT2D eigenvalue weighted by molar-refractivity contribution is -0.151. The van der Waals surface area contributed by atoms with Crippen LogP contribution in [0.2, 0.25) is 0 Å². The lowest BCUT2D eigenvalue weighted by atomic mass is 9.98. The number of carbonyl (C=O) groups excluding carboxylic acids is 2. The van der Waals surface area contributed by atoms with Crippen molar-refractivity contribution >= 4 is 18.0 Å². The fourth-order valence-electron chi connectivity index (χ4n) is 5.29. The van der Waals surface area contributed by atoms with E-state index in [0.29, 0.717) is 26.1 Å². The van der Waals surface area contributed by atoms with E-state index in [2.05, 4.69) is 29.6 Å². The first-order valence-electron chi connectivity index (χ1n) is 11.9. The molecule has 184 valence electrons. The number of nitrogens with zero attached hydrogens (tertiary/aromatic N) is 2. The molecule has 0 bridgehead atoms. The SMILES string of the molecule is CN1CCN(C(=O)[C@H]2OCC[C@H]2NC(=O)OCC2c3ccccc3-c3ccccc32)CC1C(=O)O. The Morgan fingerprint density at radius 3 is 2.37 bits per heavy atom. The second kappa shape index (κ2) is 9.67. The minimum atomic E-state index is -0.967. The maximum atomic E-state index is 13.1. The molecule has 2 fully saturated rings.